The first-order valence-electron chi connectivity index (χ1n) is 7.37. The average Bonchev–Trinajstić information content (AvgIpc) is 3.21. The van der Waals surface area contributed by atoms with Crippen LogP contribution in [0.15, 0.2) is 28.8 Å². The summed E-state index contributed by atoms with van der Waals surface area (Å²) in [6.07, 6.45) is 0.502. The van der Waals surface area contributed by atoms with Crippen LogP contribution in [0.1, 0.15) is 30.1 Å². The van der Waals surface area contributed by atoms with Crippen molar-refractivity contribution in [3.63, 3.8) is 0 Å². The van der Waals surface area contributed by atoms with Crippen LogP contribution in [0.25, 0.3) is 11.6 Å². The van der Waals surface area contributed by atoms with E-state index < -0.39 is 0 Å². The Kier molecular flexibility index (Phi) is 3.38. The van der Waals surface area contributed by atoms with Crippen molar-refractivity contribution in [2.45, 2.75) is 32.6 Å². The summed E-state index contributed by atoms with van der Waals surface area (Å²) in [5.74, 6) is 0.714. The minimum Gasteiger partial charge on any atom is -0.365 e. The third kappa shape index (κ3) is 2.50. The molecule has 1 aromatic carbocycles. The van der Waals surface area contributed by atoms with Crippen molar-refractivity contribution in [2.24, 2.45) is 0 Å². The minimum absolute atomic E-state index is 0.188. The van der Waals surface area contributed by atoms with E-state index in [-0.39, 0.29) is 11.9 Å². The van der Waals surface area contributed by atoms with Crippen molar-refractivity contribution in [3.05, 3.63) is 47.2 Å². The van der Waals surface area contributed by atoms with Crippen molar-refractivity contribution < 1.29 is 13.7 Å². The van der Waals surface area contributed by atoms with E-state index in [2.05, 4.69) is 20.5 Å². The highest BCUT2D eigenvalue weighted by Gasteiger charge is 2.27. The van der Waals surface area contributed by atoms with Gasteiger partial charge in [0.1, 0.15) is 11.9 Å². The molecule has 1 aliphatic rings. The maximum absolute atomic E-state index is 13.0. The molecule has 0 spiro atoms. The number of nitrogens with zero attached hydrogens (tertiary/aromatic N) is 5. The Labute approximate surface area is 131 Å². The lowest BCUT2D eigenvalue weighted by Crippen LogP contribution is -2.22. The van der Waals surface area contributed by atoms with Gasteiger partial charge < -0.3 is 9.26 Å². The van der Waals surface area contributed by atoms with E-state index in [4.69, 9.17) is 9.26 Å². The second kappa shape index (κ2) is 5.54. The van der Waals surface area contributed by atoms with Crippen LogP contribution in [0.5, 0.6) is 0 Å². The SMILES string of the molecule is CCc1noc(-c2nnn3c2COC(c2ccc(F)cc2)C3)n1. The Balaban J connectivity index is 1.60. The molecule has 0 saturated carbocycles. The third-order valence-electron chi connectivity index (χ3n) is 3.83. The first kappa shape index (κ1) is 14.0. The highest BCUT2D eigenvalue weighted by molar-refractivity contribution is 5.49. The molecule has 1 unspecified atom stereocenters. The van der Waals surface area contributed by atoms with Gasteiger partial charge in [0.15, 0.2) is 11.5 Å². The summed E-state index contributed by atoms with van der Waals surface area (Å²) in [5, 5.41) is 12.2. The molecule has 1 atom stereocenters. The van der Waals surface area contributed by atoms with Crippen LogP contribution in [-0.2, 0) is 24.3 Å². The second-order valence-corrected chi connectivity index (χ2v) is 5.29. The van der Waals surface area contributed by atoms with Crippen LogP contribution >= 0.6 is 0 Å². The molecule has 0 saturated heterocycles. The van der Waals surface area contributed by atoms with Crippen molar-refractivity contribution in [2.75, 3.05) is 0 Å². The Morgan fingerprint density at radius 3 is 2.87 bits per heavy atom. The van der Waals surface area contributed by atoms with Crippen LogP contribution in [0.4, 0.5) is 4.39 Å². The first-order valence-corrected chi connectivity index (χ1v) is 7.37. The zero-order valence-electron chi connectivity index (χ0n) is 12.4. The van der Waals surface area contributed by atoms with Crippen molar-refractivity contribution in [3.8, 4) is 11.6 Å². The van der Waals surface area contributed by atoms with Gasteiger partial charge in [-0.05, 0) is 17.7 Å². The predicted octanol–water partition coefficient (Wildman–Crippen LogP) is 2.30. The van der Waals surface area contributed by atoms with Crippen LogP contribution in [0.3, 0.4) is 0 Å². The molecule has 4 rings (SSSR count). The number of ether oxygens (including phenoxy) is 1. The number of hydrogen-bond donors (Lipinski definition) is 0. The second-order valence-electron chi connectivity index (χ2n) is 5.29. The fourth-order valence-corrected chi connectivity index (χ4v) is 2.55. The van der Waals surface area contributed by atoms with Gasteiger partial charge in [-0.3, -0.25) is 0 Å². The topological polar surface area (TPSA) is 78.9 Å². The molecule has 3 heterocycles. The van der Waals surface area contributed by atoms with Crippen LogP contribution < -0.4 is 0 Å². The Bertz CT molecular complexity index is 827. The number of benzene rings is 1. The van der Waals surface area contributed by atoms with Gasteiger partial charge in [-0.15, -0.1) is 5.10 Å². The summed E-state index contributed by atoms with van der Waals surface area (Å²) in [5.41, 5.74) is 2.25. The third-order valence-corrected chi connectivity index (χ3v) is 3.83. The van der Waals surface area contributed by atoms with Crippen molar-refractivity contribution in [1.29, 1.82) is 0 Å². The molecule has 118 valence electrons. The molecule has 7 nitrogen and oxygen atoms in total. The molecule has 0 N–H and O–H groups in total. The van der Waals surface area contributed by atoms with Gasteiger partial charge in [0.25, 0.3) is 5.89 Å². The highest BCUT2D eigenvalue weighted by Crippen LogP contribution is 2.30. The number of halogens is 1. The molecular weight excluding hydrogens is 301 g/mol. The van der Waals surface area contributed by atoms with Crippen LogP contribution in [-0.4, -0.2) is 25.1 Å². The quantitative estimate of drug-likeness (QED) is 0.738. The zero-order chi connectivity index (χ0) is 15.8. The normalized spacial score (nSPS) is 17.2. The Hall–Kier alpha value is -2.61. The Morgan fingerprint density at radius 2 is 2.13 bits per heavy atom. The monoisotopic (exact) mass is 315 g/mol. The molecule has 3 aromatic rings. The van der Waals surface area contributed by atoms with E-state index in [1.54, 1.807) is 16.8 Å². The largest absolute Gasteiger partial charge is 0.365 e. The standard InChI is InChI=1S/C15H14FN5O2/c1-2-13-17-15(23-19-13)14-11-8-22-12(7-21(11)20-18-14)9-3-5-10(16)6-4-9/h3-6,12H,2,7-8H2,1H3. The van der Waals surface area contributed by atoms with Gasteiger partial charge in [-0.1, -0.05) is 29.4 Å². The van der Waals surface area contributed by atoms with E-state index in [1.165, 1.54) is 12.1 Å². The molecular formula is C15H14FN5O2. The van der Waals surface area contributed by atoms with Crippen molar-refractivity contribution >= 4 is 0 Å². The minimum atomic E-state index is -0.267. The number of aryl methyl sites for hydroxylation is 1. The predicted molar refractivity (Wildman–Crippen MR) is 76.6 cm³/mol. The van der Waals surface area contributed by atoms with E-state index in [9.17, 15) is 4.39 Å². The lowest BCUT2D eigenvalue weighted by Gasteiger charge is -2.24. The fraction of sp³-hybridized carbons (Fsp3) is 0.333. The first-order chi connectivity index (χ1) is 11.2. The number of rotatable bonds is 3. The number of hydrogen-bond acceptors (Lipinski definition) is 6. The van der Waals surface area contributed by atoms with Crippen molar-refractivity contribution in [1.82, 2.24) is 25.1 Å². The molecule has 1 aliphatic heterocycles. The maximum Gasteiger partial charge on any atom is 0.280 e. The van der Waals surface area contributed by atoms with Gasteiger partial charge in [0.2, 0.25) is 0 Å². The van der Waals surface area contributed by atoms with Gasteiger partial charge in [-0.25, -0.2) is 9.07 Å². The van der Waals surface area contributed by atoms with E-state index >= 15 is 0 Å². The van der Waals surface area contributed by atoms with Gasteiger partial charge in [-0.2, -0.15) is 4.98 Å². The maximum atomic E-state index is 13.0. The molecule has 0 radical (unpaired) electrons. The van der Waals surface area contributed by atoms with Crippen LogP contribution in [0.2, 0.25) is 0 Å². The molecule has 23 heavy (non-hydrogen) atoms. The summed E-state index contributed by atoms with van der Waals surface area (Å²) < 4.78 is 25.9. The number of aromatic nitrogens is 5. The molecule has 0 bridgehead atoms. The molecule has 0 fully saturated rings. The smallest absolute Gasteiger partial charge is 0.280 e. The molecule has 0 aliphatic carbocycles. The molecule has 0 amide bonds. The van der Waals surface area contributed by atoms with Crippen LogP contribution in [0, 0.1) is 5.82 Å². The summed E-state index contributed by atoms with van der Waals surface area (Å²) in [6, 6.07) is 6.28. The van der Waals surface area contributed by atoms with E-state index in [0.29, 0.717) is 37.0 Å². The fourth-order valence-electron chi connectivity index (χ4n) is 2.55. The lowest BCUT2D eigenvalue weighted by atomic mass is 10.1. The molecule has 8 heteroatoms. The summed E-state index contributed by atoms with van der Waals surface area (Å²) >= 11 is 0. The Morgan fingerprint density at radius 1 is 1.30 bits per heavy atom. The molecule has 2 aromatic heterocycles. The summed E-state index contributed by atoms with van der Waals surface area (Å²) in [7, 11) is 0. The zero-order valence-corrected chi connectivity index (χ0v) is 12.4. The van der Waals surface area contributed by atoms with Gasteiger partial charge in [0.05, 0.1) is 18.8 Å². The van der Waals surface area contributed by atoms with E-state index in [1.807, 2.05) is 6.92 Å². The number of fused-ring (bicyclic) bond motifs is 1. The average molecular weight is 315 g/mol. The lowest BCUT2D eigenvalue weighted by molar-refractivity contribution is -0.00120. The van der Waals surface area contributed by atoms with Gasteiger partial charge in [0, 0.05) is 6.42 Å². The summed E-state index contributed by atoms with van der Waals surface area (Å²) in [4.78, 5) is 4.28. The summed E-state index contributed by atoms with van der Waals surface area (Å²) in [6.45, 7) is 2.78. The van der Waals surface area contributed by atoms with E-state index in [0.717, 1.165) is 11.3 Å². The highest BCUT2D eigenvalue weighted by atomic mass is 19.1. The van der Waals surface area contributed by atoms with Gasteiger partial charge >= 0.3 is 0 Å².